The number of allylic oxidation sites excluding steroid dienone is 2. The molecule has 0 spiro atoms. The fraction of sp³-hybridized carbons (Fsp3) is 0.810. The van der Waals surface area contributed by atoms with E-state index in [-0.39, 0.29) is 0 Å². The van der Waals surface area contributed by atoms with Crippen LogP contribution >= 0.6 is 0 Å². The van der Waals surface area contributed by atoms with Crippen molar-refractivity contribution in [2.75, 3.05) is 6.54 Å². The van der Waals surface area contributed by atoms with Crippen molar-refractivity contribution in [3.8, 4) is 0 Å². The minimum absolute atomic E-state index is 1.05. The predicted octanol–water partition coefficient (Wildman–Crippen LogP) is 7.15. The SMILES string of the molecule is C=C(C)CCCCCCCCCCCCCCNC(=C)CC. The third kappa shape index (κ3) is 17.3. The largest absolute Gasteiger partial charge is 0.389 e. The van der Waals surface area contributed by atoms with Crippen LogP contribution in [0.1, 0.15) is 104 Å². The second-order valence-electron chi connectivity index (χ2n) is 6.83. The van der Waals surface area contributed by atoms with E-state index in [1.165, 1.54) is 94.7 Å². The molecule has 1 nitrogen and oxygen atoms in total. The first kappa shape index (κ1) is 21.3. The van der Waals surface area contributed by atoms with E-state index in [4.69, 9.17) is 0 Å². The Labute approximate surface area is 140 Å². The van der Waals surface area contributed by atoms with Gasteiger partial charge in [-0.2, -0.15) is 0 Å². The molecule has 0 aromatic rings. The average Bonchev–Trinajstić information content (AvgIpc) is 2.50. The molecular weight excluding hydrogens is 266 g/mol. The molecule has 0 aliphatic rings. The summed E-state index contributed by atoms with van der Waals surface area (Å²) in [6, 6.07) is 0. The van der Waals surface area contributed by atoms with Gasteiger partial charge in [0, 0.05) is 12.2 Å². The maximum Gasteiger partial charge on any atom is 0.0143 e. The first-order valence-corrected chi connectivity index (χ1v) is 9.72. The van der Waals surface area contributed by atoms with Crippen molar-refractivity contribution in [3.63, 3.8) is 0 Å². The molecular formula is C21H41N. The summed E-state index contributed by atoms with van der Waals surface area (Å²) < 4.78 is 0. The summed E-state index contributed by atoms with van der Waals surface area (Å²) in [5.41, 5.74) is 2.52. The van der Waals surface area contributed by atoms with Gasteiger partial charge in [0.15, 0.2) is 0 Å². The molecule has 0 saturated heterocycles. The molecule has 0 radical (unpaired) electrons. The summed E-state index contributed by atoms with van der Waals surface area (Å²) >= 11 is 0. The van der Waals surface area contributed by atoms with E-state index in [2.05, 4.69) is 32.3 Å². The van der Waals surface area contributed by atoms with Gasteiger partial charge in [0.1, 0.15) is 0 Å². The molecule has 0 aromatic heterocycles. The van der Waals surface area contributed by atoms with E-state index in [9.17, 15) is 0 Å². The van der Waals surface area contributed by atoms with Gasteiger partial charge in [-0.3, -0.25) is 0 Å². The third-order valence-electron chi connectivity index (χ3n) is 4.33. The van der Waals surface area contributed by atoms with Gasteiger partial charge < -0.3 is 5.32 Å². The maximum atomic E-state index is 3.96. The number of nitrogens with one attached hydrogen (secondary N) is 1. The van der Waals surface area contributed by atoms with Gasteiger partial charge in [-0.25, -0.2) is 0 Å². The number of unbranched alkanes of at least 4 members (excludes halogenated alkanes) is 11. The fourth-order valence-electron chi connectivity index (χ4n) is 2.71. The van der Waals surface area contributed by atoms with Crippen LogP contribution in [0.15, 0.2) is 24.4 Å². The quantitative estimate of drug-likeness (QED) is 0.222. The van der Waals surface area contributed by atoms with E-state index in [1.54, 1.807) is 0 Å². The van der Waals surface area contributed by atoms with Crippen molar-refractivity contribution >= 4 is 0 Å². The zero-order valence-corrected chi connectivity index (χ0v) is 15.5. The Kier molecular flexibility index (Phi) is 16.1. The minimum Gasteiger partial charge on any atom is -0.389 e. The highest BCUT2D eigenvalue weighted by Crippen LogP contribution is 2.13. The Bertz CT molecular complexity index is 267. The highest BCUT2D eigenvalue weighted by Gasteiger charge is 1.95. The normalized spacial score (nSPS) is 10.6. The minimum atomic E-state index is 1.05. The van der Waals surface area contributed by atoms with E-state index in [0.29, 0.717) is 0 Å². The Morgan fingerprint density at radius 1 is 0.682 bits per heavy atom. The number of hydrogen-bond donors (Lipinski definition) is 1. The second kappa shape index (κ2) is 16.6. The lowest BCUT2D eigenvalue weighted by molar-refractivity contribution is 0.537. The van der Waals surface area contributed by atoms with Gasteiger partial charge in [-0.05, 0) is 32.6 Å². The van der Waals surface area contributed by atoms with Gasteiger partial charge in [-0.1, -0.05) is 83.3 Å². The van der Waals surface area contributed by atoms with E-state index in [1.807, 2.05) is 0 Å². The van der Waals surface area contributed by atoms with Crippen LogP contribution in [0, 0.1) is 0 Å². The molecule has 0 saturated carbocycles. The van der Waals surface area contributed by atoms with Crippen LogP contribution in [0.4, 0.5) is 0 Å². The molecule has 0 rings (SSSR count). The standard InChI is InChI=1S/C21H41N/c1-5-21(4)22-19-17-15-13-11-9-7-6-8-10-12-14-16-18-20(2)3/h22H,2,4-19H2,1,3H3. The van der Waals surface area contributed by atoms with Crippen molar-refractivity contribution in [3.05, 3.63) is 24.4 Å². The molecule has 22 heavy (non-hydrogen) atoms. The molecule has 0 aliphatic heterocycles. The summed E-state index contributed by atoms with van der Waals surface area (Å²) in [6.45, 7) is 13.3. The lowest BCUT2D eigenvalue weighted by Crippen LogP contribution is -2.12. The molecule has 0 bridgehead atoms. The van der Waals surface area contributed by atoms with Gasteiger partial charge in [0.05, 0.1) is 0 Å². The van der Waals surface area contributed by atoms with Crippen molar-refractivity contribution in [2.24, 2.45) is 0 Å². The molecule has 0 amide bonds. The molecule has 130 valence electrons. The molecule has 0 aliphatic carbocycles. The van der Waals surface area contributed by atoms with Crippen LogP contribution in [0.2, 0.25) is 0 Å². The first-order chi connectivity index (χ1) is 10.7. The first-order valence-electron chi connectivity index (χ1n) is 9.72. The maximum absolute atomic E-state index is 3.96. The highest BCUT2D eigenvalue weighted by molar-refractivity contribution is 4.88. The van der Waals surface area contributed by atoms with Crippen LogP contribution in [0.5, 0.6) is 0 Å². The van der Waals surface area contributed by atoms with Crippen molar-refractivity contribution in [1.82, 2.24) is 5.32 Å². The number of hydrogen-bond acceptors (Lipinski definition) is 1. The summed E-state index contributed by atoms with van der Waals surface area (Å²) in [4.78, 5) is 0. The van der Waals surface area contributed by atoms with E-state index < -0.39 is 0 Å². The molecule has 0 atom stereocenters. The molecule has 0 aromatic carbocycles. The van der Waals surface area contributed by atoms with Gasteiger partial charge in [0.25, 0.3) is 0 Å². The molecule has 0 fully saturated rings. The lowest BCUT2D eigenvalue weighted by Gasteiger charge is -2.07. The second-order valence-corrected chi connectivity index (χ2v) is 6.83. The molecule has 0 heterocycles. The van der Waals surface area contributed by atoms with Crippen LogP contribution in [0.25, 0.3) is 0 Å². The summed E-state index contributed by atoms with van der Waals surface area (Å²) in [7, 11) is 0. The van der Waals surface area contributed by atoms with Gasteiger partial charge in [-0.15, -0.1) is 6.58 Å². The van der Waals surface area contributed by atoms with Gasteiger partial charge >= 0.3 is 0 Å². The van der Waals surface area contributed by atoms with Crippen LogP contribution in [-0.2, 0) is 0 Å². The molecule has 0 unspecified atom stereocenters. The molecule has 1 N–H and O–H groups in total. The summed E-state index contributed by atoms with van der Waals surface area (Å²) in [5, 5.41) is 3.38. The smallest absolute Gasteiger partial charge is 0.0143 e. The highest BCUT2D eigenvalue weighted by atomic mass is 14.9. The monoisotopic (exact) mass is 307 g/mol. The van der Waals surface area contributed by atoms with Crippen LogP contribution < -0.4 is 5.32 Å². The zero-order valence-electron chi connectivity index (χ0n) is 15.5. The number of rotatable bonds is 17. The Morgan fingerprint density at radius 2 is 1.09 bits per heavy atom. The van der Waals surface area contributed by atoms with Crippen molar-refractivity contribution < 1.29 is 0 Å². The van der Waals surface area contributed by atoms with E-state index >= 15 is 0 Å². The third-order valence-corrected chi connectivity index (χ3v) is 4.33. The Morgan fingerprint density at radius 3 is 1.50 bits per heavy atom. The fourth-order valence-corrected chi connectivity index (χ4v) is 2.71. The Balaban J connectivity index is 3.02. The van der Waals surface area contributed by atoms with Gasteiger partial charge in [0.2, 0.25) is 0 Å². The zero-order chi connectivity index (χ0) is 16.5. The Hall–Kier alpha value is -0.720. The summed E-state index contributed by atoms with van der Waals surface area (Å²) in [5.74, 6) is 0. The van der Waals surface area contributed by atoms with Crippen molar-refractivity contribution in [2.45, 2.75) is 104 Å². The lowest BCUT2D eigenvalue weighted by atomic mass is 10.0. The van der Waals surface area contributed by atoms with Crippen LogP contribution in [0.3, 0.4) is 0 Å². The van der Waals surface area contributed by atoms with Crippen molar-refractivity contribution in [1.29, 1.82) is 0 Å². The van der Waals surface area contributed by atoms with E-state index in [0.717, 1.165) is 13.0 Å². The van der Waals surface area contributed by atoms with Crippen LogP contribution in [-0.4, -0.2) is 6.54 Å². The summed E-state index contributed by atoms with van der Waals surface area (Å²) in [6.07, 6.45) is 19.1. The molecule has 1 heteroatoms. The average molecular weight is 308 g/mol. The topological polar surface area (TPSA) is 12.0 Å². The predicted molar refractivity (Wildman–Crippen MR) is 102 cm³/mol.